The van der Waals surface area contributed by atoms with Crippen LogP contribution in [0.25, 0.3) is 5.57 Å². The van der Waals surface area contributed by atoms with E-state index < -0.39 is 0 Å². The molecule has 1 aromatic heterocycles. The number of nitrogens with zero attached hydrogens (tertiary/aromatic N) is 1. The van der Waals surface area contributed by atoms with Crippen LogP contribution in [0.15, 0.2) is 36.8 Å². The first-order valence-corrected chi connectivity index (χ1v) is 6.28. The number of aryl methyl sites for hydroxylation is 1. The zero-order valence-corrected chi connectivity index (χ0v) is 12.5. The van der Waals surface area contributed by atoms with Gasteiger partial charge in [0.15, 0.2) is 0 Å². The third kappa shape index (κ3) is 6.09. The molecular formula is C15H26N2O. The summed E-state index contributed by atoms with van der Waals surface area (Å²) in [5.74, 6) is 0.127. The Morgan fingerprint density at radius 2 is 1.78 bits per heavy atom. The van der Waals surface area contributed by atoms with Gasteiger partial charge in [0.1, 0.15) is 5.76 Å². The quantitative estimate of drug-likeness (QED) is 0.598. The van der Waals surface area contributed by atoms with Gasteiger partial charge in [0.05, 0.1) is 6.20 Å². The number of hydrogen-bond acceptors (Lipinski definition) is 2. The molecule has 3 heteroatoms. The lowest BCUT2D eigenvalue weighted by Crippen LogP contribution is -1.88. The molecule has 2 N–H and O–H groups in total. The van der Waals surface area contributed by atoms with Crippen molar-refractivity contribution in [3.63, 3.8) is 0 Å². The molecule has 0 aliphatic carbocycles. The van der Waals surface area contributed by atoms with Gasteiger partial charge in [-0.3, -0.25) is 5.10 Å². The number of rotatable bonds is 3. The molecule has 0 aromatic carbocycles. The van der Waals surface area contributed by atoms with Gasteiger partial charge in [-0.25, -0.2) is 0 Å². The van der Waals surface area contributed by atoms with Crippen molar-refractivity contribution < 1.29 is 5.11 Å². The maximum atomic E-state index is 9.64. The standard InChI is InChI=1S/C11H14N2O.2C2H6/c1-7(2)5-11(14)8(3)10-6-12-13-9(10)4;2*1-2/h5-6,14H,1,3H2,2,4H3,(H,12,13);2*1-2H3/b11-5+;;. The second-order valence-electron chi connectivity index (χ2n) is 3.26. The van der Waals surface area contributed by atoms with E-state index in [1.165, 1.54) is 0 Å². The Balaban J connectivity index is 0. The minimum absolute atomic E-state index is 0.127. The monoisotopic (exact) mass is 250 g/mol. The highest BCUT2D eigenvalue weighted by atomic mass is 16.3. The van der Waals surface area contributed by atoms with E-state index in [0.29, 0.717) is 5.57 Å². The van der Waals surface area contributed by atoms with Crippen molar-refractivity contribution in [2.24, 2.45) is 0 Å². The minimum atomic E-state index is 0.127. The largest absolute Gasteiger partial charge is 0.507 e. The Bertz CT molecular complexity index is 400. The van der Waals surface area contributed by atoms with Crippen molar-refractivity contribution in [3.8, 4) is 0 Å². The van der Waals surface area contributed by atoms with Crippen LogP contribution < -0.4 is 0 Å². The van der Waals surface area contributed by atoms with Crippen molar-refractivity contribution in [1.29, 1.82) is 0 Å². The molecule has 0 saturated heterocycles. The number of aliphatic hydroxyl groups is 1. The van der Waals surface area contributed by atoms with Crippen molar-refractivity contribution in [3.05, 3.63) is 48.0 Å². The predicted molar refractivity (Wildman–Crippen MR) is 80.6 cm³/mol. The van der Waals surface area contributed by atoms with Crippen LogP contribution in [-0.2, 0) is 0 Å². The van der Waals surface area contributed by atoms with E-state index in [0.717, 1.165) is 16.8 Å². The molecule has 0 unspecified atom stereocenters. The Morgan fingerprint density at radius 3 is 2.11 bits per heavy atom. The molecule has 1 heterocycles. The maximum Gasteiger partial charge on any atom is 0.123 e. The molecule has 0 aliphatic rings. The Hall–Kier alpha value is -1.77. The van der Waals surface area contributed by atoms with E-state index in [1.54, 1.807) is 12.3 Å². The molecule has 1 aromatic rings. The first-order valence-electron chi connectivity index (χ1n) is 6.28. The number of allylic oxidation sites excluding steroid dienone is 3. The molecular weight excluding hydrogens is 224 g/mol. The summed E-state index contributed by atoms with van der Waals surface area (Å²) in [5.41, 5.74) is 3.04. The van der Waals surface area contributed by atoms with E-state index in [-0.39, 0.29) is 5.76 Å². The average Bonchev–Trinajstić information content (AvgIpc) is 2.79. The summed E-state index contributed by atoms with van der Waals surface area (Å²) in [7, 11) is 0. The summed E-state index contributed by atoms with van der Waals surface area (Å²) < 4.78 is 0. The van der Waals surface area contributed by atoms with E-state index in [1.807, 2.05) is 41.5 Å². The molecule has 0 atom stereocenters. The number of H-pyrrole nitrogens is 1. The summed E-state index contributed by atoms with van der Waals surface area (Å²) >= 11 is 0. The summed E-state index contributed by atoms with van der Waals surface area (Å²) in [6, 6.07) is 0. The summed E-state index contributed by atoms with van der Waals surface area (Å²) in [5, 5.41) is 16.3. The smallest absolute Gasteiger partial charge is 0.123 e. The normalized spacial score (nSPS) is 9.56. The average molecular weight is 250 g/mol. The third-order valence-corrected chi connectivity index (χ3v) is 1.85. The molecule has 0 spiro atoms. The summed E-state index contributed by atoms with van der Waals surface area (Å²) in [6.45, 7) is 19.2. The van der Waals surface area contributed by atoms with E-state index >= 15 is 0 Å². The second-order valence-corrected chi connectivity index (χ2v) is 3.26. The van der Waals surface area contributed by atoms with Crippen molar-refractivity contribution >= 4 is 5.57 Å². The lowest BCUT2D eigenvalue weighted by atomic mass is 10.1. The molecule has 0 radical (unpaired) electrons. The first-order chi connectivity index (χ1) is 8.52. The molecule has 102 valence electrons. The van der Waals surface area contributed by atoms with Gasteiger partial charge >= 0.3 is 0 Å². The lowest BCUT2D eigenvalue weighted by molar-refractivity contribution is 0.437. The number of aliphatic hydroxyl groups excluding tert-OH is 1. The summed E-state index contributed by atoms with van der Waals surface area (Å²) in [4.78, 5) is 0. The van der Waals surface area contributed by atoms with Gasteiger partial charge in [-0.15, -0.1) is 0 Å². The van der Waals surface area contributed by atoms with Gasteiger partial charge in [0, 0.05) is 16.8 Å². The summed E-state index contributed by atoms with van der Waals surface area (Å²) in [6.07, 6.45) is 3.22. The molecule has 0 bridgehead atoms. The number of aromatic amines is 1. The zero-order chi connectivity index (χ0) is 14.7. The predicted octanol–water partition coefficient (Wildman–Crippen LogP) is 4.80. The molecule has 0 amide bonds. The van der Waals surface area contributed by atoms with Crippen LogP contribution in [0.1, 0.15) is 45.9 Å². The third-order valence-electron chi connectivity index (χ3n) is 1.85. The van der Waals surface area contributed by atoms with Crippen LogP contribution in [0.3, 0.4) is 0 Å². The maximum absolute atomic E-state index is 9.64. The molecule has 18 heavy (non-hydrogen) atoms. The number of hydrogen-bond donors (Lipinski definition) is 2. The SMILES string of the molecule is C=C(C)/C=C(/O)C(=C)c1cn[nH]c1C.CC.CC. The van der Waals surface area contributed by atoms with E-state index in [4.69, 9.17) is 0 Å². The van der Waals surface area contributed by atoms with Gasteiger partial charge < -0.3 is 5.11 Å². The Morgan fingerprint density at radius 1 is 1.28 bits per heavy atom. The molecule has 3 nitrogen and oxygen atoms in total. The van der Waals surface area contributed by atoms with Crippen molar-refractivity contribution in [1.82, 2.24) is 10.2 Å². The van der Waals surface area contributed by atoms with Gasteiger partial charge in [-0.05, 0) is 19.9 Å². The van der Waals surface area contributed by atoms with Crippen molar-refractivity contribution in [2.75, 3.05) is 0 Å². The minimum Gasteiger partial charge on any atom is -0.507 e. The first kappa shape index (κ1) is 18.6. The van der Waals surface area contributed by atoms with Crippen LogP contribution in [0.4, 0.5) is 0 Å². The van der Waals surface area contributed by atoms with Crippen LogP contribution in [0.2, 0.25) is 0 Å². The van der Waals surface area contributed by atoms with Crippen LogP contribution in [0.5, 0.6) is 0 Å². The van der Waals surface area contributed by atoms with Gasteiger partial charge in [-0.1, -0.05) is 46.4 Å². The Kier molecular flexibility index (Phi) is 10.7. The van der Waals surface area contributed by atoms with Crippen molar-refractivity contribution in [2.45, 2.75) is 41.5 Å². The van der Waals surface area contributed by atoms with E-state index in [9.17, 15) is 5.11 Å². The highest BCUT2D eigenvalue weighted by molar-refractivity contribution is 5.76. The highest BCUT2D eigenvalue weighted by Crippen LogP contribution is 2.21. The number of aromatic nitrogens is 2. The van der Waals surface area contributed by atoms with Crippen LogP contribution >= 0.6 is 0 Å². The van der Waals surface area contributed by atoms with Crippen LogP contribution in [0, 0.1) is 6.92 Å². The van der Waals surface area contributed by atoms with E-state index in [2.05, 4.69) is 23.4 Å². The fraction of sp³-hybridized carbons (Fsp3) is 0.400. The second kappa shape index (κ2) is 10.4. The Labute approximate surface area is 111 Å². The molecule has 1 rings (SSSR count). The van der Waals surface area contributed by atoms with Gasteiger partial charge in [0.25, 0.3) is 0 Å². The zero-order valence-electron chi connectivity index (χ0n) is 12.5. The van der Waals surface area contributed by atoms with Crippen LogP contribution in [-0.4, -0.2) is 15.3 Å². The lowest BCUT2D eigenvalue weighted by Gasteiger charge is -2.03. The fourth-order valence-corrected chi connectivity index (χ4v) is 1.11. The van der Waals surface area contributed by atoms with Gasteiger partial charge in [-0.2, -0.15) is 5.10 Å². The molecule has 0 fully saturated rings. The fourth-order valence-electron chi connectivity index (χ4n) is 1.11. The number of nitrogens with one attached hydrogen (secondary N) is 1. The molecule has 0 saturated carbocycles. The topological polar surface area (TPSA) is 48.9 Å². The molecule has 0 aliphatic heterocycles. The van der Waals surface area contributed by atoms with Gasteiger partial charge in [0.2, 0.25) is 0 Å². The highest BCUT2D eigenvalue weighted by Gasteiger charge is 2.08.